The molecule has 0 aliphatic heterocycles. The number of benzene rings is 2. The Morgan fingerprint density at radius 3 is 2.59 bits per heavy atom. The third-order valence-corrected chi connectivity index (χ3v) is 5.86. The predicted octanol–water partition coefficient (Wildman–Crippen LogP) is 6.66. The van der Waals surface area contributed by atoms with E-state index in [1.807, 2.05) is 37.3 Å². The van der Waals surface area contributed by atoms with Gasteiger partial charge in [0.05, 0.1) is 19.4 Å². The van der Waals surface area contributed by atoms with E-state index >= 15 is 0 Å². The SMILES string of the molecule is CCCCCOc1ccc(/C=C/C(=O)Nc2nc(-c3ccc(C)cc3)c(C)s2)cc1OC. The van der Waals surface area contributed by atoms with Crippen LogP contribution >= 0.6 is 11.3 Å². The van der Waals surface area contributed by atoms with Gasteiger partial charge in [-0.25, -0.2) is 4.98 Å². The molecule has 2 aromatic carbocycles. The largest absolute Gasteiger partial charge is 0.493 e. The number of aryl methyl sites for hydroxylation is 2. The van der Waals surface area contributed by atoms with E-state index in [0.717, 1.165) is 41.0 Å². The number of nitrogens with zero attached hydrogens (tertiary/aromatic N) is 1. The van der Waals surface area contributed by atoms with Gasteiger partial charge in [0.1, 0.15) is 0 Å². The molecule has 0 aliphatic rings. The van der Waals surface area contributed by atoms with Crippen LogP contribution in [0, 0.1) is 13.8 Å². The number of carbonyl (C=O) groups excluding carboxylic acids is 1. The van der Waals surface area contributed by atoms with E-state index in [9.17, 15) is 4.79 Å². The van der Waals surface area contributed by atoms with E-state index in [2.05, 4.69) is 36.3 Å². The molecule has 5 nitrogen and oxygen atoms in total. The third kappa shape index (κ3) is 6.44. The maximum atomic E-state index is 12.4. The van der Waals surface area contributed by atoms with Crippen molar-refractivity contribution in [2.45, 2.75) is 40.0 Å². The second kappa shape index (κ2) is 11.5. The molecule has 0 saturated heterocycles. The van der Waals surface area contributed by atoms with Gasteiger partial charge >= 0.3 is 0 Å². The summed E-state index contributed by atoms with van der Waals surface area (Å²) < 4.78 is 11.3. The maximum Gasteiger partial charge on any atom is 0.250 e. The number of anilines is 1. The predicted molar refractivity (Wildman–Crippen MR) is 133 cm³/mol. The van der Waals surface area contributed by atoms with Crippen LogP contribution < -0.4 is 14.8 Å². The van der Waals surface area contributed by atoms with Crippen LogP contribution in [0.4, 0.5) is 5.13 Å². The van der Waals surface area contributed by atoms with Crippen molar-refractivity contribution in [1.29, 1.82) is 0 Å². The first kappa shape index (κ1) is 23.5. The van der Waals surface area contributed by atoms with E-state index in [1.54, 1.807) is 13.2 Å². The summed E-state index contributed by atoms with van der Waals surface area (Å²) in [6, 6.07) is 13.9. The molecule has 1 N–H and O–H groups in total. The fraction of sp³-hybridized carbons (Fsp3) is 0.308. The summed E-state index contributed by atoms with van der Waals surface area (Å²) in [7, 11) is 1.62. The average Bonchev–Trinajstić information content (AvgIpc) is 3.15. The number of amides is 1. The van der Waals surface area contributed by atoms with Crippen LogP contribution in [0.1, 0.15) is 42.2 Å². The molecular weight excluding hydrogens is 420 g/mol. The van der Waals surface area contributed by atoms with E-state index in [-0.39, 0.29) is 5.91 Å². The number of thiazole rings is 1. The fourth-order valence-electron chi connectivity index (χ4n) is 3.19. The van der Waals surface area contributed by atoms with Crippen molar-refractivity contribution in [3.8, 4) is 22.8 Å². The van der Waals surface area contributed by atoms with Gasteiger partial charge in [-0.15, -0.1) is 11.3 Å². The smallest absolute Gasteiger partial charge is 0.250 e. The zero-order valence-corrected chi connectivity index (χ0v) is 19.9. The number of hydrogen-bond donors (Lipinski definition) is 1. The Bertz CT molecular complexity index is 1070. The molecule has 1 amide bonds. The minimum atomic E-state index is -0.229. The van der Waals surface area contributed by atoms with Gasteiger partial charge in [0.15, 0.2) is 16.6 Å². The summed E-state index contributed by atoms with van der Waals surface area (Å²) in [6.45, 7) is 6.89. The number of ether oxygens (including phenoxy) is 2. The van der Waals surface area contributed by atoms with Crippen molar-refractivity contribution < 1.29 is 14.3 Å². The lowest BCUT2D eigenvalue weighted by Crippen LogP contribution is -2.07. The molecule has 0 aliphatic carbocycles. The summed E-state index contributed by atoms with van der Waals surface area (Å²) in [5, 5.41) is 3.44. The van der Waals surface area contributed by atoms with Crippen LogP contribution in [-0.2, 0) is 4.79 Å². The van der Waals surface area contributed by atoms with Crippen molar-refractivity contribution in [2.24, 2.45) is 0 Å². The molecule has 0 spiro atoms. The highest BCUT2D eigenvalue weighted by Gasteiger charge is 2.11. The van der Waals surface area contributed by atoms with Crippen LogP contribution in [-0.4, -0.2) is 24.6 Å². The van der Waals surface area contributed by atoms with Gasteiger partial charge < -0.3 is 9.47 Å². The zero-order chi connectivity index (χ0) is 22.9. The van der Waals surface area contributed by atoms with Gasteiger partial charge in [0.2, 0.25) is 5.91 Å². The number of nitrogens with one attached hydrogen (secondary N) is 1. The highest BCUT2D eigenvalue weighted by atomic mass is 32.1. The number of carbonyl (C=O) groups is 1. The van der Waals surface area contributed by atoms with E-state index in [1.165, 1.54) is 23.0 Å². The Hall–Kier alpha value is -3.12. The first-order chi connectivity index (χ1) is 15.5. The Morgan fingerprint density at radius 1 is 1.09 bits per heavy atom. The molecule has 0 bridgehead atoms. The van der Waals surface area contributed by atoms with E-state index in [0.29, 0.717) is 23.2 Å². The molecule has 0 unspecified atom stereocenters. The fourth-order valence-corrected chi connectivity index (χ4v) is 4.03. The van der Waals surface area contributed by atoms with Crippen molar-refractivity contribution in [1.82, 2.24) is 4.98 Å². The molecule has 6 heteroatoms. The third-order valence-electron chi connectivity index (χ3n) is 4.97. The molecule has 3 aromatic rings. The minimum absolute atomic E-state index is 0.229. The number of aromatic nitrogens is 1. The molecule has 0 saturated carbocycles. The van der Waals surface area contributed by atoms with E-state index in [4.69, 9.17) is 9.47 Å². The van der Waals surface area contributed by atoms with Crippen molar-refractivity contribution in [3.63, 3.8) is 0 Å². The molecule has 3 rings (SSSR count). The first-order valence-electron chi connectivity index (χ1n) is 10.8. The monoisotopic (exact) mass is 450 g/mol. The summed E-state index contributed by atoms with van der Waals surface area (Å²) in [6.07, 6.45) is 6.56. The number of methoxy groups -OCH3 is 1. The Balaban J connectivity index is 1.63. The van der Waals surface area contributed by atoms with Gasteiger partial charge in [0, 0.05) is 16.5 Å². The summed E-state index contributed by atoms with van der Waals surface area (Å²) in [4.78, 5) is 18.1. The van der Waals surface area contributed by atoms with Crippen LogP contribution in [0.15, 0.2) is 48.5 Å². The van der Waals surface area contributed by atoms with Gasteiger partial charge in [-0.3, -0.25) is 10.1 Å². The maximum absolute atomic E-state index is 12.4. The highest BCUT2D eigenvalue weighted by Crippen LogP contribution is 2.31. The minimum Gasteiger partial charge on any atom is -0.493 e. The second-order valence-electron chi connectivity index (χ2n) is 7.58. The van der Waals surface area contributed by atoms with Crippen LogP contribution in [0.2, 0.25) is 0 Å². The molecule has 1 aromatic heterocycles. The van der Waals surface area contributed by atoms with Crippen molar-refractivity contribution >= 4 is 28.5 Å². The number of unbranched alkanes of at least 4 members (excludes halogenated alkanes) is 2. The van der Waals surface area contributed by atoms with Crippen LogP contribution in [0.25, 0.3) is 17.3 Å². The zero-order valence-electron chi connectivity index (χ0n) is 19.1. The standard InChI is InChI=1S/C26H30N2O3S/c1-5-6-7-16-31-22-14-10-20(17-23(22)30-4)11-15-24(29)27-26-28-25(19(3)32-26)21-12-8-18(2)9-13-21/h8-15,17H,5-7,16H2,1-4H3,(H,27,28,29)/b15-11+. The molecule has 168 valence electrons. The van der Waals surface area contributed by atoms with Crippen LogP contribution in [0.5, 0.6) is 11.5 Å². The Kier molecular flexibility index (Phi) is 8.45. The molecule has 0 radical (unpaired) electrons. The molecule has 32 heavy (non-hydrogen) atoms. The molecule has 0 fully saturated rings. The van der Waals surface area contributed by atoms with E-state index < -0.39 is 0 Å². The second-order valence-corrected chi connectivity index (χ2v) is 8.78. The van der Waals surface area contributed by atoms with Gasteiger partial charge in [-0.2, -0.15) is 0 Å². The molecule has 0 atom stereocenters. The molecule has 1 heterocycles. The van der Waals surface area contributed by atoms with Gasteiger partial charge in [-0.05, 0) is 44.0 Å². The number of rotatable bonds is 10. The lowest BCUT2D eigenvalue weighted by atomic mass is 10.1. The Labute approximate surface area is 194 Å². The van der Waals surface area contributed by atoms with Gasteiger partial charge in [-0.1, -0.05) is 55.7 Å². The highest BCUT2D eigenvalue weighted by molar-refractivity contribution is 7.16. The summed E-state index contributed by atoms with van der Waals surface area (Å²) in [5.41, 5.74) is 4.00. The lowest BCUT2D eigenvalue weighted by Gasteiger charge is -2.11. The summed E-state index contributed by atoms with van der Waals surface area (Å²) >= 11 is 1.47. The Morgan fingerprint density at radius 2 is 1.88 bits per heavy atom. The quantitative estimate of drug-likeness (QED) is 0.277. The molecular formula is C26H30N2O3S. The van der Waals surface area contributed by atoms with Crippen LogP contribution in [0.3, 0.4) is 0 Å². The number of hydrogen-bond acceptors (Lipinski definition) is 5. The van der Waals surface area contributed by atoms with Gasteiger partial charge in [0.25, 0.3) is 0 Å². The van der Waals surface area contributed by atoms with Crippen molar-refractivity contribution in [2.75, 3.05) is 19.0 Å². The summed E-state index contributed by atoms with van der Waals surface area (Å²) in [5.74, 6) is 1.14. The van der Waals surface area contributed by atoms with Crippen molar-refractivity contribution in [3.05, 3.63) is 64.5 Å². The first-order valence-corrected chi connectivity index (χ1v) is 11.7. The topological polar surface area (TPSA) is 60.5 Å². The average molecular weight is 451 g/mol. The normalized spacial score (nSPS) is 11.0. The lowest BCUT2D eigenvalue weighted by molar-refractivity contribution is -0.111.